The molecule has 0 aliphatic carbocycles. The molecule has 2 heterocycles. The molecule has 1 fully saturated rings. The van der Waals surface area contributed by atoms with Gasteiger partial charge < -0.3 is 19.7 Å². The first-order chi connectivity index (χ1) is 8.56. The third kappa shape index (κ3) is 2.17. The summed E-state index contributed by atoms with van der Waals surface area (Å²) in [5.41, 5.74) is -1.35. The quantitative estimate of drug-likeness (QED) is 0.588. The number of aliphatic hydroxyl groups is 2. The average molecular weight is 258 g/mol. The fraction of sp³-hybridized carbons (Fsp3) is 0.600. The van der Waals surface area contributed by atoms with Crippen LogP contribution in [0.1, 0.15) is 12.6 Å². The van der Waals surface area contributed by atoms with Crippen molar-refractivity contribution in [3.05, 3.63) is 27.0 Å². The van der Waals surface area contributed by atoms with E-state index in [1.807, 2.05) is 0 Å². The number of hydrogen-bond donors (Lipinski definition) is 3. The zero-order valence-electron chi connectivity index (χ0n) is 9.70. The second-order valence-electron chi connectivity index (χ2n) is 4.00. The van der Waals surface area contributed by atoms with E-state index in [-0.39, 0.29) is 18.8 Å². The number of nitrogens with one attached hydrogen (secondary N) is 1. The second kappa shape index (κ2) is 4.92. The Balaban J connectivity index is 2.39. The Morgan fingerprint density at radius 3 is 2.89 bits per heavy atom. The smallest absolute Gasteiger partial charge is 0.330 e. The average Bonchev–Trinajstić information content (AvgIpc) is 2.71. The molecule has 1 saturated heterocycles. The summed E-state index contributed by atoms with van der Waals surface area (Å²) in [6.07, 6.45) is -1.02. The molecule has 0 saturated carbocycles. The minimum Gasteiger partial charge on any atom is -0.490 e. The molecule has 0 amide bonds. The van der Waals surface area contributed by atoms with E-state index >= 15 is 0 Å². The van der Waals surface area contributed by atoms with Gasteiger partial charge in [-0.2, -0.15) is 0 Å². The van der Waals surface area contributed by atoms with E-state index in [2.05, 4.69) is 4.98 Å². The molecule has 3 atom stereocenters. The van der Waals surface area contributed by atoms with Crippen LogP contribution in [-0.4, -0.2) is 45.7 Å². The Bertz CT molecular complexity index is 536. The fourth-order valence-corrected chi connectivity index (χ4v) is 1.90. The predicted molar refractivity (Wildman–Crippen MR) is 59.5 cm³/mol. The topological polar surface area (TPSA) is 114 Å². The van der Waals surface area contributed by atoms with E-state index in [9.17, 15) is 14.7 Å². The van der Waals surface area contributed by atoms with Crippen molar-refractivity contribution in [2.24, 2.45) is 0 Å². The fourth-order valence-electron chi connectivity index (χ4n) is 1.90. The van der Waals surface area contributed by atoms with Crippen molar-refractivity contribution in [1.29, 1.82) is 0 Å². The summed E-state index contributed by atoms with van der Waals surface area (Å²) < 4.78 is 11.2. The molecule has 0 bridgehead atoms. The van der Waals surface area contributed by atoms with Gasteiger partial charge in [0.25, 0.3) is 5.56 Å². The highest BCUT2D eigenvalue weighted by molar-refractivity contribution is 5.12. The molecule has 2 rings (SSSR count). The van der Waals surface area contributed by atoms with Crippen LogP contribution < -0.4 is 16.0 Å². The van der Waals surface area contributed by atoms with Gasteiger partial charge in [-0.15, -0.1) is 0 Å². The van der Waals surface area contributed by atoms with Gasteiger partial charge >= 0.3 is 5.69 Å². The van der Waals surface area contributed by atoms with Gasteiger partial charge in [0, 0.05) is 6.42 Å². The van der Waals surface area contributed by atoms with E-state index in [1.54, 1.807) is 0 Å². The third-order valence-electron chi connectivity index (χ3n) is 2.80. The molecule has 0 unspecified atom stereocenters. The SMILES string of the molecule is COc1cn([C@@H]2O[C@H](CO)C[C@@H]2O)c(=O)[nH]c1=O. The molecule has 1 aromatic heterocycles. The second-order valence-corrected chi connectivity index (χ2v) is 4.00. The monoisotopic (exact) mass is 258 g/mol. The van der Waals surface area contributed by atoms with Crippen LogP contribution in [0.15, 0.2) is 15.8 Å². The van der Waals surface area contributed by atoms with E-state index in [4.69, 9.17) is 14.6 Å². The van der Waals surface area contributed by atoms with Crippen molar-refractivity contribution >= 4 is 0 Å². The number of H-pyrrole nitrogens is 1. The zero-order chi connectivity index (χ0) is 13.3. The Morgan fingerprint density at radius 2 is 2.33 bits per heavy atom. The molecule has 0 aromatic carbocycles. The van der Waals surface area contributed by atoms with Crippen molar-refractivity contribution in [3.63, 3.8) is 0 Å². The molecule has 1 aliphatic heterocycles. The van der Waals surface area contributed by atoms with Gasteiger partial charge in [0.15, 0.2) is 6.23 Å². The van der Waals surface area contributed by atoms with Crippen molar-refractivity contribution < 1.29 is 19.7 Å². The number of ether oxygens (including phenoxy) is 2. The van der Waals surface area contributed by atoms with Crippen LogP contribution in [-0.2, 0) is 4.74 Å². The zero-order valence-corrected chi connectivity index (χ0v) is 9.70. The van der Waals surface area contributed by atoms with Gasteiger partial charge in [0.2, 0.25) is 5.75 Å². The Hall–Kier alpha value is -1.64. The summed E-state index contributed by atoms with van der Waals surface area (Å²) in [7, 11) is 1.29. The minimum absolute atomic E-state index is 0.0575. The maximum atomic E-state index is 11.6. The van der Waals surface area contributed by atoms with Gasteiger partial charge in [-0.1, -0.05) is 0 Å². The summed E-state index contributed by atoms with van der Waals surface area (Å²) in [6, 6.07) is 0. The van der Waals surface area contributed by atoms with Crippen molar-refractivity contribution in [1.82, 2.24) is 9.55 Å². The Morgan fingerprint density at radius 1 is 1.61 bits per heavy atom. The first kappa shape index (κ1) is 12.8. The molecule has 0 spiro atoms. The molecule has 0 radical (unpaired) electrons. The number of nitrogens with zero attached hydrogens (tertiary/aromatic N) is 1. The third-order valence-corrected chi connectivity index (χ3v) is 2.80. The van der Waals surface area contributed by atoms with E-state index in [0.717, 1.165) is 4.57 Å². The highest BCUT2D eigenvalue weighted by Gasteiger charge is 2.35. The highest BCUT2D eigenvalue weighted by atomic mass is 16.5. The minimum atomic E-state index is -0.944. The van der Waals surface area contributed by atoms with Crippen molar-refractivity contribution in [2.45, 2.75) is 24.9 Å². The predicted octanol–water partition coefficient (Wildman–Crippen LogP) is -1.81. The van der Waals surface area contributed by atoms with Crippen molar-refractivity contribution in [3.8, 4) is 5.75 Å². The Kier molecular flexibility index (Phi) is 3.50. The van der Waals surface area contributed by atoms with Gasteiger partial charge in [-0.3, -0.25) is 14.3 Å². The molecule has 8 heteroatoms. The normalized spacial score (nSPS) is 27.4. The van der Waals surface area contributed by atoms with Gasteiger partial charge in [-0.05, 0) is 0 Å². The molecule has 1 aliphatic rings. The van der Waals surface area contributed by atoms with E-state index in [0.29, 0.717) is 0 Å². The molecule has 100 valence electrons. The summed E-state index contributed by atoms with van der Waals surface area (Å²) >= 11 is 0. The van der Waals surface area contributed by atoms with Crippen LogP contribution in [0, 0.1) is 0 Å². The van der Waals surface area contributed by atoms with Gasteiger partial charge in [-0.25, -0.2) is 4.79 Å². The number of aromatic amines is 1. The Labute approximate surface area is 101 Å². The van der Waals surface area contributed by atoms with Crippen LogP contribution in [0.3, 0.4) is 0 Å². The first-order valence-electron chi connectivity index (χ1n) is 5.40. The molecule has 3 N–H and O–H groups in total. The van der Waals surface area contributed by atoms with Crippen LogP contribution in [0.2, 0.25) is 0 Å². The molecular weight excluding hydrogens is 244 g/mol. The lowest BCUT2D eigenvalue weighted by atomic mass is 10.2. The van der Waals surface area contributed by atoms with E-state index < -0.39 is 29.7 Å². The summed E-state index contributed by atoms with van der Waals surface area (Å²) in [4.78, 5) is 25.0. The largest absolute Gasteiger partial charge is 0.490 e. The van der Waals surface area contributed by atoms with Gasteiger partial charge in [0.1, 0.15) is 6.10 Å². The number of rotatable bonds is 3. The molecule has 18 heavy (non-hydrogen) atoms. The number of aromatic nitrogens is 2. The van der Waals surface area contributed by atoms with Gasteiger partial charge in [0.05, 0.1) is 26.0 Å². The standard InChI is InChI=1S/C10H14N2O6/c1-17-7-3-12(10(16)11-8(7)15)9-6(14)2-5(4-13)18-9/h3,5-6,9,13-14H,2,4H2,1H3,(H,11,15,16)/t5-,6-,9+/m0/s1. The number of hydrogen-bond acceptors (Lipinski definition) is 6. The van der Waals surface area contributed by atoms with E-state index in [1.165, 1.54) is 13.3 Å². The lowest BCUT2D eigenvalue weighted by Crippen LogP contribution is -2.35. The highest BCUT2D eigenvalue weighted by Crippen LogP contribution is 2.27. The molecule has 1 aromatic rings. The number of aliphatic hydroxyl groups excluding tert-OH is 2. The maximum Gasteiger partial charge on any atom is 0.330 e. The first-order valence-corrected chi connectivity index (χ1v) is 5.40. The van der Waals surface area contributed by atoms with Crippen molar-refractivity contribution in [2.75, 3.05) is 13.7 Å². The lowest BCUT2D eigenvalue weighted by molar-refractivity contribution is -0.0533. The maximum absolute atomic E-state index is 11.6. The summed E-state index contributed by atoms with van der Waals surface area (Å²) in [5.74, 6) is -0.0575. The summed E-state index contributed by atoms with van der Waals surface area (Å²) in [5, 5.41) is 18.7. The number of methoxy groups -OCH3 is 1. The molecule has 8 nitrogen and oxygen atoms in total. The molecular formula is C10H14N2O6. The lowest BCUT2D eigenvalue weighted by Gasteiger charge is -2.17. The summed E-state index contributed by atoms with van der Waals surface area (Å²) in [6.45, 7) is -0.247. The van der Waals surface area contributed by atoms with Crippen LogP contribution in [0.4, 0.5) is 0 Å². The van der Waals surface area contributed by atoms with Crippen LogP contribution in [0.5, 0.6) is 5.75 Å². The van der Waals surface area contributed by atoms with Crippen LogP contribution in [0.25, 0.3) is 0 Å². The van der Waals surface area contributed by atoms with Crippen LogP contribution >= 0.6 is 0 Å².